The first-order valence-corrected chi connectivity index (χ1v) is 6.60. The fourth-order valence-electron chi connectivity index (χ4n) is 2.37. The molecule has 1 nitrogen and oxygen atoms in total. The Labute approximate surface area is 118 Å². The van der Waals surface area contributed by atoms with Crippen LogP contribution in [-0.4, -0.2) is 0 Å². The molecule has 0 heterocycles. The summed E-state index contributed by atoms with van der Waals surface area (Å²) in [5.74, 6) is -1.20. The van der Waals surface area contributed by atoms with Crippen molar-refractivity contribution in [1.29, 1.82) is 0 Å². The molecule has 2 aromatic rings. The Hall–Kier alpha value is -1.74. The fourth-order valence-corrected chi connectivity index (χ4v) is 2.37. The zero-order valence-corrected chi connectivity index (χ0v) is 12.0. The summed E-state index contributed by atoms with van der Waals surface area (Å²) in [6.45, 7) is 6.25. The topological polar surface area (TPSA) is 26.0 Å². The minimum atomic E-state index is -0.610. The molecule has 2 rings (SSSR count). The molecule has 0 bridgehead atoms. The number of benzene rings is 2. The standard InChI is InChI=1S/C17H19F2N/c1-17(2,3)14-7-5-4-6-12(14)16(20)13-9-8-11(18)10-15(13)19/h4-10,16H,20H2,1-3H3. The summed E-state index contributed by atoms with van der Waals surface area (Å²) in [5.41, 5.74) is 8.35. The van der Waals surface area contributed by atoms with Crippen molar-refractivity contribution in [2.24, 2.45) is 5.73 Å². The van der Waals surface area contributed by atoms with Gasteiger partial charge in [0.05, 0.1) is 6.04 Å². The molecule has 0 aliphatic heterocycles. The highest BCUT2D eigenvalue weighted by atomic mass is 19.1. The predicted octanol–water partition coefficient (Wildman–Crippen LogP) is 4.31. The van der Waals surface area contributed by atoms with E-state index in [0.717, 1.165) is 17.2 Å². The van der Waals surface area contributed by atoms with E-state index in [4.69, 9.17) is 5.73 Å². The van der Waals surface area contributed by atoms with Gasteiger partial charge in [0.1, 0.15) is 11.6 Å². The van der Waals surface area contributed by atoms with Gasteiger partial charge in [0.2, 0.25) is 0 Å². The molecule has 0 amide bonds. The van der Waals surface area contributed by atoms with Crippen LogP contribution < -0.4 is 5.73 Å². The summed E-state index contributed by atoms with van der Waals surface area (Å²) in [6.07, 6.45) is 0. The highest BCUT2D eigenvalue weighted by Gasteiger charge is 2.23. The minimum Gasteiger partial charge on any atom is -0.320 e. The van der Waals surface area contributed by atoms with Gasteiger partial charge < -0.3 is 5.73 Å². The lowest BCUT2D eigenvalue weighted by molar-refractivity contribution is 0.555. The van der Waals surface area contributed by atoms with E-state index in [1.54, 1.807) is 0 Å². The molecule has 2 N–H and O–H groups in total. The number of rotatable bonds is 2. The predicted molar refractivity (Wildman–Crippen MR) is 77.5 cm³/mol. The largest absolute Gasteiger partial charge is 0.320 e. The summed E-state index contributed by atoms with van der Waals surface area (Å²) in [5, 5.41) is 0. The SMILES string of the molecule is CC(C)(C)c1ccccc1C(N)c1ccc(F)cc1F. The Morgan fingerprint density at radius 2 is 1.60 bits per heavy atom. The molecular weight excluding hydrogens is 256 g/mol. The first-order valence-electron chi connectivity index (χ1n) is 6.60. The number of hydrogen-bond acceptors (Lipinski definition) is 1. The van der Waals surface area contributed by atoms with Crippen LogP contribution in [0.1, 0.15) is 43.5 Å². The molecule has 0 aliphatic carbocycles. The lowest BCUT2D eigenvalue weighted by Crippen LogP contribution is -2.21. The Balaban J connectivity index is 2.51. The van der Waals surface area contributed by atoms with E-state index in [0.29, 0.717) is 5.56 Å². The maximum absolute atomic E-state index is 13.9. The normalized spacial score (nSPS) is 13.3. The van der Waals surface area contributed by atoms with Crippen molar-refractivity contribution in [2.75, 3.05) is 0 Å². The molecule has 0 aliphatic rings. The molecule has 3 heteroatoms. The van der Waals surface area contributed by atoms with E-state index in [-0.39, 0.29) is 5.41 Å². The first kappa shape index (κ1) is 14.7. The smallest absolute Gasteiger partial charge is 0.131 e. The van der Waals surface area contributed by atoms with Gasteiger partial charge >= 0.3 is 0 Å². The van der Waals surface area contributed by atoms with Crippen molar-refractivity contribution in [1.82, 2.24) is 0 Å². The van der Waals surface area contributed by atoms with Gasteiger partial charge in [-0.25, -0.2) is 8.78 Å². The van der Waals surface area contributed by atoms with Gasteiger partial charge in [0.25, 0.3) is 0 Å². The Morgan fingerprint density at radius 1 is 0.950 bits per heavy atom. The van der Waals surface area contributed by atoms with Gasteiger partial charge in [-0.15, -0.1) is 0 Å². The molecule has 0 saturated carbocycles. The summed E-state index contributed by atoms with van der Waals surface area (Å²) < 4.78 is 26.9. The van der Waals surface area contributed by atoms with Gasteiger partial charge in [0.15, 0.2) is 0 Å². The quantitative estimate of drug-likeness (QED) is 0.868. The lowest BCUT2D eigenvalue weighted by atomic mass is 9.81. The lowest BCUT2D eigenvalue weighted by Gasteiger charge is -2.26. The highest BCUT2D eigenvalue weighted by molar-refractivity contribution is 5.40. The second-order valence-electron chi connectivity index (χ2n) is 5.98. The molecule has 1 atom stereocenters. The van der Waals surface area contributed by atoms with Gasteiger partial charge in [-0.1, -0.05) is 51.1 Å². The molecule has 106 valence electrons. The molecule has 0 saturated heterocycles. The van der Waals surface area contributed by atoms with Crippen LogP contribution in [0.2, 0.25) is 0 Å². The molecule has 20 heavy (non-hydrogen) atoms. The van der Waals surface area contributed by atoms with Crippen LogP contribution >= 0.6 is 0 Å². The highest BCUT2D eigenvalue weighted by Crippen LogP contribution is 2.32. The second kappa shape index (κ2) is 5.33. The van der Waals surface area contributed by atoms with E-state index >= 15 is 0 Å². The van der Waals surface area contributed by atoms with Crippen LogP contribution in [0.3, 0.4) is 0 Å². The number of nitrogens with two attached hydrogens (primary N) is 1. The van der Waals surface area contributed by atoms with Gasteiger partial charge in [0, 0.05) is 11.6 Å². The third kappa shape index (κ3) is 2.88. The van der Waals surface area contributed by atoms with E-state index in [9.17, 15) is 8.78 Å². The maximum atomic E-state index is 13.9. The minimum absolute atomic E-state index is 0.0925. The first-order chi connectivity index (χ1) is 9.30. The molecule has 1 unspecified atom stereocenters. The summed E-state index contributed by atoms with van der Waals surface area (Å²) in [6, 6.07) is 10.6. The van der Waals surface area contributed by atoms with Crippen LogP contribution in [0, 0.1) is 11.6 Å². The third-order valence-electron chi connectivity index (χ3n) is 3.40. The van der Waals surface area contributed by atoms with E-state index in [2.05, 4.69) is 20.8 Å². The van der Waals surface area contributed by atoms with Crippen LogP contribution in [0.4, 0.5) is 8.78 Å². The molecule has 0 spiro atoms. The fraction of sp³-hybridized carbons (Fsp3) is 0.294. The average Bonchev–Trinajstić information content (AvgIpc) is 2.37. The average molecular weight is 275 g/mol. The van der Waals surface area contributed by atoms with Gasteiger partial charge in [-0.3, -0.25) is 0 Å². The number of hydrogen-bond donors (Lipinski definition) is 1. The Morgan fingerprint density at radius 3 is 2.20 bits per heavy atom. The van der Waals surface area contributed by atoms with Crippen LogP contribution in [0.5, 0.6) is 0 Å². The second-order valence-corrected chi connectivity index (χ2v) is 5.98. The van der Waals surface area contributed by atoms with Crippen molar-refractivity contribution in [3.63, 3.8) is 0 Å². The molecule has 0 fully saturated rings. The van der Waals surface area contributed by atoms with Crippen molar-refractivity contribution in [3.05, 3.63) is 70.8 Å². The van der Waals surface area contributed by atoms with Crippen LogP contribution in [-0.2, 0) is 5.41 Å². The van der Waals surface area contributed by atoms with Gasteiger partial charge in [-0.2, -0.15) is 0 Å². The van der Waals surface area contributed by atoms with Crippen molar-refractivity contribution >= 4 is 0 Å². The van der Waals surface area contributed by atoms with Crippen molar-refractivity contribution in [2.45, 2.75) is 32.2 Å². The zero-order valence-electron chi connectivity index (χ0n) is 12.0. The van der Waals surface area contributed by atoms with Crippen LogP contribution in [0.15, 0.2) is 42.5 Å². The van der Waals surface area contributed by atoms with Crippen molar-refractivity contribution < 1.29 is 8.78 Å². The Kier molecular flexibility index (Phi) is 3.91. The zero-order chi connectivity index (χ0) is 14.9. The molecule has 2 aromatic carbocycles. The third-order valence-corrected chi connectivity index (χ3v) is 3.40. The van der Waals surface area contributed by atoms with E-state index < -0.39 is 17.7 Å². The van der Waals surface area contributed by atoms with E-state index in [1.807, 2.05) is 24.3 Å². The molecule has 0 radical (unpaired) electrons. The van der Waals surface area contributed by atoms with Crippen LogP contribution in [0.25, 0.3) is 0 Å². The maximum Gasteiger partial charge on any atom is 0.131 e. The summed E-state index contributed by atoms with van der Waals surface area (Å²) >= 11 is 0. The molecular formula is C17H19F2N. The summed E-state index contributed by atoms with van der Waals surface area (Å²) in [4.78, 5) is 0. The van der Waals surface area contributed by atoms with E-state index in [1.165, 1.54) is 12.1 Å². The monoisotopic (exact) mass is 275 g/mol. The Bertz CT molecular complexity index is 615. The van der Waals surface area contributed by atoms with Gasteiger partial charge in [-0.05, 0) is 22.6 Å². The summed E-state index contributed by atoms with van der Waals surface area (Å²) in [7, 11) is 0. The molecule has 0 aromatic heterocycles. The number of halogens is 2. The van der Waals surface area contributed by atoms with Crippen molar-refractivity contribution in [3.8, 4) is 0 Å².